The third kappa shape index (κ3) is 5.02. The van der Waals surface area contributed by atoms with Crippen LogP contribution in [0.3, 0.4) is 0 Å². The first-order valence-corrected chi connectivity index (χ1v) is 18.9. The minimum atomic E-state index is -3.83. The average Bonchev–Trinajstić information content (AvgIpc) is 3.06. The van der Waals surface area contributed by atoms with Crippen molar-refractivity contribution in [1.29, 1.82) is 0 Å². The van der Waals surface area contributed by atoms with E-state index >= 15 is 0 Å². The second-order valence-corrected chi connectivity index (χ2v) is 17.1. The fraction of sp³-hybridized carbons (Fsp3) is 0.562. The van der Waals surface area contributed by atoms with Crippen LogP contribution in [0.2, 0.25) is 0 Å². The lowest BCUT2D eigenvalue weighted by Gasteiger charge is -2.40. The molecule has 2 aliphatic carbocycles. The first kappa shape index (κ1) is 30.0. The molecule has 2 saturated heterocycles. The lowest BCUT2D eigenvalue weighted by Crippen LogP contribution is -2.44. The monoisotopic (exact) mass is 640 g/mol. The minimum absolute atomic E-state index is 0.00371. The van der Waals surface area contributed by atoms with Gasteiger partial charge in [-0.1, -0.05) is 50.7 Å². The van der Waals surface area contributed by atoms with Crippen LogP contribution in [-0.2, 0) is 20.0 Å². The van der Waals surface area contributed by atoms with Gasteiger partial charge in [-0.15, -0.1) is 4.91 Å². The minimum Gasteiger partial charge on any atom is -0.291 e. The number of rotatable bonds is 6. The van der Waals surface area contributed by atoms with Gasteiger partial charge in [0.05, 0.1) is 15.5 Å². The van der Waals surface area contributed by atoms with Crippen LogP contribution in [0.5, 0.6) is 0 Å². The Balaban J connectivity index is 1.26. The number of nitroso groups, excluding NO2 is 1. The Labute approximate surface area is 258 Å². The third-order valence-electron chi connectivity index (χ3n) is 11.0. The zero-order chi connectivity index (χ0) is 30.6. The van der Waals surface area contributed by atoms with Crippen LogP contribution in [0.15, 0.2) is 51.4 Å². The van der Waals surface area contributed by atoms with Gasteiger partial charge in [-0.05, 0) is 78.8 Å². The summed E-state index contributed by atoms with van der Waals surface area (Å²) in [5, 5.41) is 14.8. The number of hydrogen-bond donors (Lipinski definition) is 2. The van der Waals surface area contributed by atoms with E-state index in [2.05, 4.69) is 10.7 Å². The number of sulfonamides is 2. The highest BCUT2D eigenvalue weighted by molar-refractivity contribution is 7.89. The van der Waals surface area contributed by atoms with Crippen molar-refractivity contribution in [3.8, 4) is 0 Å². The summed E-state index contributed by atoms with van der Waals surface area (Å²) in [7, 11) is -7.65. The predicted molar refractivity (Wildman–Crippen MR) is 170 cm³/mol. The molecule has 2 N–H and O–H groups in total. The van der Waals surface area contributed by atoms with Crippen molar-refractivity contribution in [3.05, 3.63) is 41.3 Å². The van der Waals surface area contributed by atoms with E-state index in [1.807, 2.05) is 0 Å². The van der Waals surface area contributed by atoms with Gasteiger partial charge in [-0.2, -0.15) is 8.61 Å². The molecule has 0 bridgehead atoms. The van der Waals surface area contributed by atoms with Crippen molar-refractivity contribution in [2.75, 3.05) is 31.7 Å². The van der Waals surface area contributed by atoms with Gasteiger partial charge < -0.3 is 0 Å². The number of hydrogen-bond acceptors (Lipinski definition) is 8. The van der Waals surface area contributed by atoms with E-state index in [0.717, 1.165) is 51.4 Å². The van der Waals surface area contributed by atoms with Gasteiger partial charge in [0, 0.05) is 47.7 Å². The van der Waals surface area contributed by atoms with Crippen LogP contribution in [0.1, 0.15) is 64.2 Å². The van der Waals surface area contributed by atoms with E-state index in [4.69, 9.17) is 0 Å². The van der Waals surface area contributed by atoms with Gasteiger partial charge in [0.15, 0.2) is 0 Å². The maximum atomic E-state index is 13.8. The van der Waals surface area contributed by atoms with Crippen molar-refractivity contribution in [2.45, 2.75) is 74.0 Å². The molecule has 3 aromatic rings. The Bertz CT molecular complexity index is 1830. The molecule has 0 aromatic heterocycles. The Morgan fingerprint density at radius 1 is 0.636 bits per heavy atom. The average molecular weight is 641 g/mol. The molecule has 44 heavy (non-hydrogen) atoms. The molecular weight excluding hydrogens is 601 g/mol. The summed E-state index contributed by atoms with van der Waals surface area (Å²) in [4.78, 5) is 12.4. The van der Waals surface area contributed by atoms with Crippen molar-refractivity contribution in [1.82, 2.24) is 8.61 Å². The molecule has 2 saturated carbocycles. The number of nitrogens with one attached hydrogen (secondary N) is 1. The molecule has 0 spiro atoms. The largest absolute Gasteiger partial charge is 0.291 e. The molecule has 4 atom stereocenters. The lowest BCUT2D eigenvalue weighted by atomic mass is 9.76. The van der Waals surface area contributed by atoms with E-state index in [-0.39, 0.29) is 26.6 Å². The number of fused-ring (bicyclic) bond motifs is 4. The van der Waals surface area contributed by atoms with Crippen molar-refractivity contribution >= 4 is 53.0 Å². The number of nitrogens with zero attached hydrogens (tertiary/aromatic N) is 3. The van der Waals surface area contributed by atoms with E-state index in [1.165, 1.54) is 43.2 Å². The Hall–Kier alpha value is -2.64. The summed E-state index contributed by atoms with van der Waals surface area (Å²) in [5.41, 5.74) is 2.40. The molecule has 0 unspecified atom stereocenters. The topological polar surface area (TPSA) is 136 Å². The molecule has 0 amide bonds. The van der Waals surface area contributed by atoms with Crippen molar-refractivity contribution in [3.63, 3.8) is 0 Å². The molecule has 4 aliphatic rings. The molecule has 3 aromatic carbocycles. The van der Waals surface area contributed by atoms with Crippen LogP contribution in [-0.4, -0.2) is 56.8 Å². The van der Waals surface area contributed by atoms with Crippen LogP contribution in [0, 0.1) is 28.6 Å². The summed E-state index contributed by atoms with van der Waals surface area (Å²) < 4.78 is 58.3. The van der Waals surface area contributed by atoms with Gasteiger partial charge in [0.2, 0.25) is 20.0 Å². The summed E-state index contributed by atoms with van der Waals surface area (Å²) in [5.74, 6) is 1.90. The van der Waals surface area contributed by atoms with Crippen LogP contribution in [0.4, 0.5) is 11.4 Å². The van der Waals surface area contributed by atoms with Crippen LogP contribution >= 0.6 is 0 Å². The first-order valence-electron chi connectivity index (χ1n) is 16.0. The molecular formula is C32H40N4O6S2. The lowest BCUT2D eigenvalue weighted by molar-refractivity contribution is 0.136. The van der Waals surface area contributed by atoms with E-state index in [1.54, 1.807) is 14.7 Å². The predicted octanol–water partition coefficient (Wildman–Crippen LogP) is 6.59. The molecule has 10 nitrogen and oxygen atoms in total. The van der Waals surface area contributed by atoms with Gasteiger partial charge in [-0.3, -0.25) is 10.7 Å². The third-order valence-corrected chi connectivity index (χ3v) is 14.7. The maximum absolute atomic E-state index is 13.8. The van der Waals surface area contributed by atoms with Crippen molar-refractivity contribution in [2.24, 2.45) is 28.8 Å². The molecule has 12 heteroatoms. The summed E-state index contributed by atoms with van der Waals surface area (Å²) >= 11 is 0. The highest BCUT2D eigenvalue weighted by atomic mass is 32.2. The quantitative estimate of drug-likeness (QED) is 0.176. The zero-order valence-corrected chi connectivity index (χ0v) is 26.5. The van der Waals surface area contributed by atoms with Gasteiger partial charge >= 0.3 is 0 Å². The fourth-order valence-electron chi connectivity index (χ4n) is 8.57. The molecule has 236 valence electrons. The van der Waals surface area contributed by atoms with Crippen LogP contribution in [0.25, 0.3) is 21.5 Å². The fourth-order valence-corrected chi connectivity index (χ4v) is 11.7. The molecule has 7 rings (SSSR count). The normalized spacial score (nSPS) is 27.1. The second kappa shape index (κ2) is 11.6. The van der Waals surface area contributed by atoms with E-state index in [0.29, 0.717) is 66.0 Å². The van der Waals surface area contributed by atoms with Crippen molar-refractivity contribution < 1.29 is 22.0 Å². The van der Waals surface area contributed by atoms with E-state index < -0.39 is 20.0 Å². The second-order valence-electron chi connectivity index (χ2n) is 13.3. The van der Waals surface area contributed by atoms with Crippen LogP contribution < -0.4 is 5.48 Å². The highest BCUT2D eigenvalue weighted by Crippen LogP contribution is 2.45. The summed E-state index contributed by atoms with van der Waals surface area (Å²) in [6.07, 6.45) is 10.8. The number of benzene rings is 3. The number of piperidine rings is 2. The molecule has 0 radical (unpaired) electrons. The smallest absolute Gasteiger partial charge is 0.243 e. The van der Waals surface area contributed by atoms with Gasteiger partial charge in [0.1, 0.15) is 5.69 Å². The molecule has 2 heterocycles. The molecule has 2 aliphatic heterocycles. The SMILES string of the molecule is O=Nc1c2cc(S(=O)(=O)N3CC[C@@H]4CCCC[C@H]4C3)ccc2c(NO)c2cc(S(=O)(=O)N3CC[C@@H]4CCCC[C@H]4C3)ccc12. The Morgan fingerprint density at radius 2 is 1.11 bits per heavy atom. The maximum Gasteiger partial charge on any atom is 0.243 e. The first-order chi connectivity index (χ1) is 21.2. The number of anilines is 1. The molecule has 4 fully saturated rings. The van der Waals surface area contributed by atoms with E-state index in [9.17, 15) is 26.9 Å². The highest BCUT2D eigenvalue weighted by Gasteiger charge is 2.38. The zero-order valence-electron chi connectivity index (χ0n) is 24.8. The van der Waals surface area contributed by atoms with Gasteiger partial charge in [0.25, 0.3) is 0 Å². The van der Waals surface area contributed by atoms with Gasteiger partial charge in [-0.25, -0.2) is 16.8 Å². The standard InChI is InChI=1S/C32H40N4O6S2/c37-33-31-28-12-10-26(44(41,42)36-16-14-22-6-2-4-8-24(22)20-36)18-30(28)32(34-38)27-11-9-25(17-29(27)31)43(39,40)35-15-13-21-5-1-3-7-23(21)19-35/h9-12,17-18,21-24,33,37H,1-8,13-16,19-20H2/t21-,22-,23-,24-/m0/s1. The summed E-state index contributed by atoms with van der Waals surface area (Å²) in [6.45, 7) is 1.95. The summed E-state index contributed by atoms with van der Waals surface area (Å²) in [6, 6.07) is 8.97. The Morgan fingerprint density at radius 3 is 1.61 bits per heavy atom. The Kier molecular flexibility index (Phi) is 7.93.